The molecule has 0 saturated heterocycles. The molecule has 0 saturated carbocycles. The van der Waals surface area contributed by atoms with Gasteiger partial charge in [-0.15, -0.1) is 0 Å². The Morgan fingerprint density at radius 1 is 0.913 bits per heavy atom. The van der Waals surface area contributed by atoms with E-state index in [0.717, 1.165) is 16.3 Å². The molecule has 1 atom stereocenters. The molecule has 1 N–H and O–H groups in total. The molecule has 3 rings (SSSR count). The van der Waals surface area contributed by atoms with E-state index < -0.39 is 6.10 Å². The third kappa shape index (κ3) is 2.85. The molecule has 0 radical (unpaired) electrons. The van der Waals surface area contributed by atoms with Crippen LogP contribution >= 0.6 is 11.6 Å². The fourth-order valence-electron chi connectivity index (χ4n) is 2.76. The normalized spacial score (nSPS) is 12.2. The second kappa shape index (κ2) is 6.49. The molecule has 0 aliphatic carbocycles. The van der Waals surface area contributed by atoms with Crippen molar-refractivity contribution >= 4 is 22.4 Å². The molecular formula is C19H17ClO3. The van der Waals surface area contributed by atoms with E-state index in [-0.39, 0.29) is 0 Å². The van der Waals surface area contributed by atoms with E-state index >= 15 is 0 Å². The van der Waals surface area contributed by atoms with Crippen molar-refractivity contribution in [2.45, 2.75) is 6.10 Å². The smallest absolute Gasteiger partial charge is 0.133 e. The van der Waals surface area contributed by atoms with Crippen LogP contribution in [-0.2, 0) is 0 Å². The first-order valence-corrected chi connectivity index (χ1v) is 7.60. The molecule has 4 heteroatoms. The number of halogens is 1. The molecule has 0 aromatic heterocycles. The van der Waals surface area contributed by atoms with E-state index in [1.165, 1.54) is 0 Å². The van der Waals surface area contributed by atoms with Crippen LogP contribution in [0.3, 0.4) is 0 Å². The van der Waals surface area contributed by atoms with Crippen molar-refractivity contribution in [2.24, 2.45) is 0 Å². The lowest BCUT2D eigenvalue weighted by atomic mass is 9.96. The van der Waals surface area contributed by atoms with Gasteiger partial charge in [0.25, 0.3) is 0 Å². The van der Waals surface area contributed by atoms with Crippen LogP contribution in [0.4, 0.5) is 0 Å². The second-order valence-corrected chi connectivity index (χ2v) is 5.64. The molecule has 0 fully saturated rings. The highest BCUT2D eigenvalue weighted by Gasteiger charge is 2.20. The molecule has 1 unspecified atom stereocenters. The van der Waals surface area contributed by atoms with Gasteiger partial charge in [-0.05, 0) is 23.8 Å². The van der Waals surface area contributed by atoms with E-state index in [1.807, 2.05) is 30.3 Å². The molecule has 0 heterocycles. The molecule has 0 aliphatic heterocycles. The van der Waals surface area contributed by atoms with Crippen LogP contribution in [0.25, 0.3) is 10.8 Å². The average Bonchev–Trinajstić information content (AvgIpc) is 2.60. The minimum absolute atomic E-state index is 0.629. The second-order valence-electron chi connectivity index (χ2n) is 5.20. The Bertz CT molecular complexity index is 828. The zero-order chi connectivity index (χ0) is 16.4. The van der Waals surface area contributed by atoms with Gasteiger partial charge in [0.05, 0.1) is 14.2 Å². The summed E-state index contributed by atoms with van der Waals surface area (Å²) in [5, 5.41) is 13.3. The van der Waals surface area contributed by atoms with Gasteiger partial charge in [-0.2, -0.15) is 0 Å². The molecule has 23 heavy (non-hydrogen) atoms. The Labute approximate surface area is 140 Å². The van der Waals surface area contributed by atoms with Crippen LogP contribution in [0.5, 0.6) is 11.5 Å². The third-order valence-corrected chi connectivity index (χ3v) is 4.14. The van der Waals surface area contributed by atoms with Gasteiger partial charge in [-0.1, -0.05) is 48.0 Å². The lowest BCUT2D eigenvalue weighted by Gasteiger charge is -2.19. The van der Waals surface area contributed by atoms with Gasteiger partial charge in [0.1, 0.15) is 17.6 Å². The molecule has 0 bridgehead atoms. The van der Waals surface area contributed by atoms with Gasteiger partial charge in [-0.25, -0.2) is 0 Å². The minimum Gasteiger partial charge on any atom is -0.496 e. The van der Waals surface area contributed by atoms with Crippen LogP contribution in [0.1, 0.15) is 17.2 Å². The number of ether oxygens (including phenoxy) is 2. The number of fused-ring (bicyclic) bond motifs is 1. The molecule has 3 aromatic rings. The Hall–Kier alpha value is -2.23. The van der Waals surface area contributed by atoms with E-state index in [2.05, 4.69) is 0 Å². The van der Waals surface area contributed by atoms with E-state index in [9.17, 15) is 5.11 Å². The van der Waals surface area contributed by atoms with Gasteiger partial charge in [0, 0.05) is 21.4 Å². The molecule has 3 nitrogen and oxygen atoms in total. The molecule has 0 amide bonds. The summed E-state index contributed by atoms with van der Waals surface area (Å²) in [7, 11) is 3.22. The maximum absolute atomic E-state index is 10.8. The Balaban J connectivity index is 2.21. The number of methoxy groups -OCH3 is 2. The number of hydrogen-bond acceptors (Lipinski definition) is 3. The Morgan fingerprint density at radius 2 is 1.57 bits per heavy atom. The van der Waals surface area contributed by atoms with Crippen LogP contribution in [0.2, 0.25) is 5.02 Å². The van der Waals surface area contributed by atoms with Gasteiger partial charge >= 0.3 is 0 Å². The lowest BCUT2D eigenvalue weighted by molar-refractivity contribution is 0.214. The molecule has 0 spiro atoms. The van der Waals surface area contributed by atoms with Gasteiger partial charge in [0.15, 0.2) is 0 Å². The van der Waals surface area contributed by atoms with Crippen LogP contribution < -0.4 is 9.47 Å². The van der Waals surface area contributed by atoms with Crippen LogP contribution in [-0.4, -0.2) is 19.3 Å². The van der Waals surface area contributed by atoms with Crippen molar-refractivity contribution in [3.8, 4) is 11.5 Å². The summed E-state index contributed by atoms with van der Waals surface area (Å²) in [6.07, 6.45) is -0.833. The summed E-state index contributed by atoms with van der Waals surface area (Å²) in [5.41, 5.74) is 1.40. The number of aliphatic hydroxyl groups excluding tert-OH is 1. The van der Waals surface area contributed by atoms with Crippen molar-refractivity contribution < 1.29 is 14.6 Å². The van der Waals surface area contributed by atoms with Crippen molar-refractivity contribution in [3.05, 3.63) is 70.7 Å². The monoisotopic (exact) mass is 328 g/mol. The molecule has 3 aromatic carbocycles. The summed E-state index contributed by atoms with van der Waals surface area (Å²) in [5.74, 6) is 1.34. The predicted molar refractivity (Wildman–Crippen MR) is 92.6 cm³/mol. The summed E-state index contributed by atoms with van der Waals surface area (Å²) < 4.78 is 11.1. The number of benzene rings is 3. The fourth-order valence-corrected chi connectivity index (χ4v) is 2.89. The number of hydrogen-bond donors (Lipinski definition) is 1. The highest BCUT2D eigenvalue weighted by Crippen LogP contribution is 2.41. The minimum atomic E-state index is -0.833. The van der Waals surface area contributed by atoms with E-state index in [0.29, 0.717) is 22.1 Å². The topological polar surface area (TPSA) is 38.7 Å². The average molecular weight is 329 g/mol. The summed E-state index contributed by atoms with van der Waals surface area (Å²) in [4.78, 5) is 0. The highest BCUT2D eigenvalue weighted by molar-refractivity contribution is 6.30. The first-order valence-electron chi connectivity index (χ1n) is 7.23. The lowest BCUT2D eigenvalue weighted by Crippen LogP contribution is -2.04. The summed E-state index contributed by atoms with van der Waals surface area (Å²) in [6.45, 7) is 0. The Kier molecular flexibility index (Phi) is 4.42. The van der Waals surface area contributed by atoms with Gasteiger partial charge < -0.3 is 14.6 Å². The summed E-state index contributed by atoms with van der Waals surface area (Å²) >= 11 is 5.92. The van der Waals surface area contributed by atoms with Gasteiger partial charge in [0.2, 0.25) is 0 Å². The zero-order valence-corrected chi connectivity index (χ0v) is 13.7. The van der Waals surface area contributed by atoms with Crippen molar-refractivity contribution in [1.29, 1.82) is 0 Å². The number of rotatable bonds is 4. The van der Waals surface area contributed by atoms with E-state index in [4.69, 9.17) is 21.1 Å². The third-order valence-electron chi connectivity index (χ3n) is 3.89. The highest BCUT2D eigenvalue weighted by atomic mass is 35.5. The SMILES string of the molecule is COc1cc(C(O)c2ccc(Cl)cc2)c(OC)c2ccccc12. The maximum Gasteiger partial charge on any atom is 0.133 e. The number of aliphatic hydroxyl groups is 1. The predicted octanol–water partition coefficient (Wildman–Crippen LogP) is 4.59. The van der Waals surface area contributed by atoms with Crippen LogP contribution in [0.15, 0.2) is 54.6 Å². The fraction of sp³-hybridized carbons (Fsp3) is 0.158. The molecule has 118 valence electrons. The molecule has 0 aliphatic rings. The quantitative estimate of drug-likeness (QED) is 0.761. The maximum atomic E-state index is 10.8. The zero-order valence-electron chi connectivity index (χ0n) is 12.9. The van der Waals surface area contributed by atoms with E-state index in [1.54, 1.807) is 38.5 Å². The summed E-state index contributed by atoms with van der Waals surface area (Å²) in [6, 6.07) is 16.7. The Morgan fingerprint density at radius 3 is 2.17 bits per heavy atom. The van der Waals surface area contributed by atoms with Crippen molar-refractivity contribution in [3.63, 3.8) is 0 Å². The van der Waals surface area contributed by atoms with Crippen molar-refractivity contribution in [2.75, 3.05) is 14.2 Å². The molecular weight excluding hydrogens is 312 g/mol. The largest absolute Gasteiger partial charge is 0.496 e. The standard InChI is InChI=1S/C19H17ClO3/c1-22-17-11-16(18(21)12-7-9-13(20)10-8-12)19(23-2)15-6-4-3-5-14(15)17/h3-11,18,21H,1-2H3. The van der Waals surface area contributed by atoms with Crippen LogP contribution in [0, 0.1) is 0 Å². The first kappa shape index (κ1) is 15.7. The van der Waals surface area contributed by atoms with Crippen molar-refractivity contribution in [1.82, 2.24) is 0 Å². The van der Waals surface area contributed by atoms with Gasteiger partial charge in [-0.3, -0.25) is 0 Å². The first-order chi connectivity index (χ1) is 11.2.